The molecule has 1 fully saturated rings. The van der Waals surface area contributed by atoms with E-state index in [1.807, 2.05) is 12.1 Å². The van der Waals surface area contributed by atoms with Crippen LogP contribution in [0.4, 0.5) is 0 Å². The third kappa shape index (κ3) is 4.34. The van der Waals surface area contributed by atoms with Crippen LogP contribution in [-0.2, 0) is 13.2 Å². The van der Waals surface area contributed by atoms with Crippen LogP contribution in [0.25, 0.3) is 0 Å². The molecule has 2 nitrogen and oxygen atoms in total. The summed E-state index contributed by atoms with van der Waals surface area (Å²) < 4.78 is 0. The summed E-state index contributed by atoms with van der Waals surface area (Å²) in [6.45, 7) is 2.18. The average Bonchev–Trinajstić information content (AvgIpc) is 2.41. The van der Waals surface area contributed by atoms with E-state index in [1.54, 1.807) is 0 Å². The summed E-state index contributed by atoms with van der Waals surface area (Å²) in [7, 11) is 0. The number of hydrogen-bond donors (Lipinski definition) is 2. The fourth-order valence-corrected chi connectivity index (χ4v) is 3.38. The molecule has 2 rings (SSSR count). The Morgan fingerprint density at radius 3 is 2.59 bits per heavy atom. The molecular weight excluding hydrogens is 230 g/mol. The van der Waals surface area contributed by atoms with Crippen molar-refractivity contribution in [2.45, 2.75) is 37.7 Å². The number of aliphatic hydroxyl groups excluding tert-OH is 1. The van der Waals surface area contributed by atoms with Gasteiger partial charge in [-0.15, -0.1) is 0 Å². The zero-order valence-corrected chi connectivity index (χ0v) is 11.0. The molecule has 0 spiro atoms. The van der Waals surface area contributed by atoms with Crippen LogP contribution in [0.3, 0.4) is 0 Å². The van der Waals surface area contributed by atoms with Gasteiger partial charge < -0.3 is 10.4 Å². The Morgan fingerprint density at radius 2 is 1.94 bits per heavy atom. The number of thioether (sulfide) groups is 1. The molecule has 1 aliphatic rings. The smallest absolute Gasteiger partial charge is 0.0681 e. The van der Waals surface area contributed by atoms with Gasteiger partial charge in [0.05, 0.1) is 6.61 Å². The largest absolute Gasteiger partial charge is 0.392 e. The van der Waals surface area contributed by atoms with E-state index in [-0.39, 0.29) is 6.61 Å². The Kier molecular flexibility index (Phi) is 5.36. The van der Waals surface area contributed by atoms with E-state index in [0.29, 0.717) is 0 Å². The highest BCUT2D eigenvalue weighted by Gasteiger charge is 2.12. The van der Waals surface area contributed by atoms with Crippen LogP contribution >= 0.6 is 11.8 Å². The number of rotatable bonds is 5. The molecular formula is C14H21NOS. The summed E-state index contributed by atoms with van der Waals surface area (Å²) in [5.41, 5.74) is 2.28. The van der Waals surface area contributed by atoms with Crippen LogP contribution in [0.15, 0.2) is 24.3 Å². The number of nitrogens with one attached hydrogen (secondary N) is 1. The summed E-state index contributed by atoms with van der Waals surface area (Å²) in [5, 5.41) is 13.3. The van der Waals surface area contributed by atoms with Crippen LogP contribution in [-0.4, -0.2) is 22.7 Å². The highest BCUT2D eigenvalue weighted by molar-refractivity contribution is 7.99. The molecule has 17 heavy (non-hydrogen) atoms. The summed E-state index contributed by atoms with van der Waals surface area (Å²) in [4.78, 5) is 0. The normalized spacial score (nSPS) is 20.4. The molecule has 1 aliphatic heterocycles. The first-order chi connectivity index (χ1) is 8.38. The quantitative estimate of drug-likeness (QED) is 0.843. The van der Waals surface area contributed by atoms with Crippen LogP contribution in [0.1, 0.15) is 30.4 Å². The third-order valence-electron chi connectivity index (χ3n) is 3.18. The molecule has 1 unspecified atom stereocenters. The molecule has 1 heterocycles. The maximum atomic E-state index is 8.96. The Morgan fingerprint density at radius 1 is 1.18 bits per heavy atom. The molecule has 0 aromatic heterocycles. The summed E-state index contributed by atoms with van der Waals surface area (Å²) in [5.74, 6) is 1.33. The lowest BCUT2D eigenvalue weighted by Crippen LogP contribution is -2.26. The van der Waals surface area contributed by atoms with Crippen molar-refractivity contribution in [1.82, 2.24) is 5.32 Å². The molecule has 2 N–H and O–H groups in total. The van der Waals surface area contributed by atoms with Gasteiger partial charge in [-0.2, -0.15) is 11.8 Å². The SMILES string of the molecule is OCc1ccc(CNCC2CCCCS2)cc1. The van der Waals surface area contributed by atoms with Gasteiger partial charge in [-0.05, 0) is 29.7 Å². The van der Waals surface area contributed by atoms with Crippen molar-refractivity contribution in [3.8, 4) is 0 Å². The maximum Gasteiger partial charge on any atom is 0.0681 e. The zero-order chi connectivity index (χ0) is 11.9. The first kappa shape index (κ1) is 12.9. The van der Waals surface area contributed by atoms with E-state index in [9.17, 15) is 0 Å². The van der Waals surface area contributed by atoms with E-state index in [2.05, 4.69) is 29.2 Å². The average molecular weight is 251 g/mol. The molecule has 1 aromatic rings. The zero-order valence-electron chi connectivity index (χ0n) is 10.2. The van der Waals surface area contributed by atoms with Crippen LogP contribution < -0.4 is 5.32 Å². The van der Waals surface area contributed by atoms with Gasteiger partial charge in [0.2, 0.25) is 0 Å². The maximum absolute atomic E-state index is 8.96. The fraction of sp³-hybridized carbons (Fsp3) is 0.571. The minimum absolute atomic E-state index is 0.131. The number of aliphatic hydroxyl groups is 1. The van der Waals surface area contributed by atoms with E-state index in [4.69, 9.17) is 5.11 Å². The highest BCUT2D eigenvalue weighted by atomic mass is 32.2. The molecule has 1 aromatic carbocycles. The van der Waals surface area contributed by atoms with Gasteiger partial charge in [-0.3, -0.25) is 0 Å². The Balaban J connectivity index is 1.69. The predicted molar refractivity (Wildman–Crippen MR) is 74.2 cm³/mol. The standard InChI is InChI=1S/C14H21NOS/c16-11-13-6-4-12(5-7-13)9-15-10-14-3-1-2-8-17-14/h4-7,14-16H,1-3,8-11H2. The molecule has 0 radical (unpaired) electrons. The fourth-order valence-electron chi connectivity index (χ4n) is 2.11. The predicted octanol–water partition coefficient (Wildman–Crippen LogP) is 2.55. The summed E-state index contributed by atoms with van der Waals surface area (Å²) in [6, 6.07) is 8.16. The Labute approximate surface area is 108 Å². The van der Waals surface area contributed by atoms with Crippen molar-refractivity contribution in [3.63, 3.8) is 0 Å². The van der Waals surface area contributed by atoms with Crippen LogP contribution in [0, 0.1) is 0 Å². The van der Waals surface area contributed by atoms with Crippen molar-refractivity contribution in [1.29, 1.82) is 0 Å². The second-order valence-electron chi connectivity index (χ2n) is 4.59. The molecule has 1 atom stereocenters. The van der Waals surface area contributed by atoms with E-state index < -0.39 is 0 Å². The second kappa shape index (κ2) is 7.04. The van der Waals surface area contributed by atoms with Gasteiger partial charge >= 0.3 is 0 Å². The molecule has 0 amide bonds. The minimum atomic E-state index is 0.131. The lowest BCUT2D eigenvalue weighted by Gasteiger charge is -2.21. The first-order valence-corrected chi connectivity index (χ1v) is 7.44. The molecule has 0 aliphatic carbocycles. The van der Waals surface area contributed by atoms with Gasteiger partial charge in [0.15, 0.2) is 0 Å². The van der Waals surface area contributed by atoms with E-state index >= 15 is 0 Å². The van der Waals surface area contributed by atoms with Gasteiger partial charge in [0, 0.05) is 18.3 Å². The number of hydrogen-bond acceptors (Lipinski definition) is 3. The monoisotopic (exact) mass is 251 g/mol. The number of benzene rings is 1. The molecule has 0 bridgehead atoms. The van der Waals surface area contributed by atoms with Crippen molar-refractivity contribution in [2.75, 3.05) is 12.3 Å². The van der Waals surface area contributed by atoms with Gasteiger partial charge in [0.1, 0.15) is 0 Å². The van der Waals surface area contributed by atoms with Gasteiger partial charge in [-0.25, -0.2) is 0 Å². The molecule has 3 heteroatoms. The molecule has 94 valence electrons. The molecule has 1 saturated heterocycles. The van der Waals surface area contributed by atoms with Crippen LogP contribution in [0.2, 0.25) is 0 Å². The lowest BCUT2D eigenvalue weighted by molar-refractivity contribution is 0.282. The van der Waals surface area contributed by atoms with Gasteiger partial charge in [-0.1, -0.05) is 30.7 Å². The molecule has 0 saturated carbocycles. The lowest BCUT2D eigenvalue weighted by atomic mass is 10.1. The second-order valence-corrected chi connectivity index (χ2v) is 6.00. The third-order valence-corrected chi connectivity index (χ3v) is 4.58. The van der Waals surface area contributed by atoms with Crippen LogP contribution in [0.5, 0.6) is 0 Å². The summed E-state index contributed by atoms with van der Waals surface area (Å²) in [6.07, 6.45) is 4.15. The topological polar surface area (TPSA) is 32.3 Å². The Bertz CT molecular complexity index is 319. The first-order valence-electron chi connectivity index (χ1n) is 6.39. The van der Waals surface area contributed by atoms with Crippen molar-refractivity contribution >= 4 is 11.8 Å². The van der Waals surface area contributed by atoms with E-state index in [1.165, 1.54) is 30.6 Å². The van der Waals surface area contributed by atoms with Crippen molar-refractivity contribution < 1.29 is 5.11 Å². The highest BCUT2D eigenvalue weighted by Crippen LogP contribution is 2.24. The van der Waals surface area contributed by atoms with Crippen molar-refractivity contribution in [2.24, 2.45) is 0 Å². The Hall–Kier alpha value is -0.510. The minimum Gasteiger partial charge on any atom is -0.392 e. The van der Waals surface area contributed by atoms with E-state index in [0.717, 1.165) is 23.9 Å². The summed E-state index contributed by atoms with van der Waals surface area (Å²) >= 11 is 2.11. The van der Waals surface area contributed by atoms with Gasteiger partial charge in [0.25, 0.3) is 0 Å². The van der Waals surface area contributed by atoms with Crippen molar-refractivity contribution in [3.05, 3.63) is 35.4 Å².